The predicted molar refractivity (Wildman–Crippen MR) is 41.7 cm³/mol. The Balaban J connectivity index is 2.81. The maximum atomic E-state index is 6.94. The molecule has 3 heteroatoms. The molecule has 0 bridgehead atoms. The second-order valence-electron chi connectivity index (χ2n) is 2.33. The van der Waals surface area contributed by atoms with Crippen LogP contribution in [0.25, 0.3) is 0 Å². The van der Waals surface area contributed by atoms with Crippen LogP contribution < -0.4 is 11.5 Å². The SMILES string of the molecule is N=CC1=CCC(N)C=C1N. The number of nitrogens with one attached hydrogen (secondary N) is 1. The molecule has 0 saturated carbocycles. The monoisotopic (exact) mass is 137 g/mol. The van der Waals surface area contributed by atoms with Crippen LogP contribution in [-0.2, 0) is 0 Å². The van der Waals surface area contributed by atoms with E-state index in [-0.39, 0.29) is 6.04 Å². The summed E-state index contributed by atoms with van der Waals surface area (Å²) in [7, 11) is 0. The van der Waals surface area contributed by atoms with Crippen LogP contribution in [0, 0.1) is 5.41 Å². The molecule has 54 valence electrons. The fourth-order valence-electron chi connectivity index (χ4n) is 0.918. The van der Waals surface area contributed by atoms with Gasteiger partial charge in [0, 0.05) is 23.5 Å². The fraction of sp³-hybridized carbons (Fsp3) is 0.286. The molecule has 0 aromatic heterocycles. The zero-order valence-corrected chi connectivity index (χ0v) is 5.67. The molecule has 10 heavy (non-hydrogen) atoms. The highest BCUT2D eigenvalue weighted by Gasteiger charge is 2.06. The Labute approximate surface area is 59.9 Å². The summed E-state index contributed by atoms with van der Waals surface area (Å²) < 4.78 is 0. The smallest absolute Gasteiger partial charge is 0.0374 e. The lowest BCUT2D eigenvalue weighted by atomic mass is 10.0. The van der Waals surface area contributed by atoms with Gasteiger partial charge in [-0.3, -0.25) is 0 Å². The molecule has 0 aromatic rings. The summed E-state index contributed by atoms with van der Waals surface area (Å²) >= 11 is 0. The van der Waals surface area contributed by atoms with Crippen molar-refractivity contribution in [3.8, 4) is 0 Å². The minimum absolute atomic E-state index is 0.0312. The molecule has 0 aliphatic heterocycles. The van der Waals surface area contributed by atoms with Crippen molar-refractivity contribution in [2.24, 2.45) is 11.5 Å². The zero-order valence-electron chi connectivity index (χ0n) is 5.67. The van der Waals surface area contributed by atoms with Gasteiger partial charge >= 0.3 is 0 Å². The average molecular weight is 137 g/mol. The highest BCUT2D eigenvalue weighted by Crippen LogP contribution is 2.10. The Bertz CT molecular complexity index is 203. The van der Waals surface area contributed by atoms with Crippen LogP contribution in [0.1, 0.15) is 6.42 Å². The van der Waals surface area contributed by atoms with Crippen LogP contribution in [0.2, 0.25) is 0 Å². The molecule has 0 fully saturated rings. The van der Waals surface area contributed by atoms with Crippen LogP contribution >= 0.6 is 0 Å². The highest BCUT2D eigenvalue weighted by molar-refractivity contribution is 5.82. The Morgan fingerprint density at radius 2 is 2.40 bits per heavy atom. The number of allylic oxidation sites excluding steroid dienone is 1. The Kier molecular flexibility index (Phi) is 1.87. The summed E-state index contributed by atoms with van der Waals surface area (Å²) in [4.78, 5) is 0. The van der Waals surface area contributed by atoms with E-state index >= 15 is 0 Å². The molecule has 0 saturated heterocycles. The Morgan fingerprint density at radius 1 is 1.70 bits per heavy atom. The molecular formula is C7H11N3. The molecule has 0 aromatic carbocycles. The lowest BCUT2D eigenvalue weighted by Gasteiger charge is -2.12. The number of nitrogens with two attached hydrogens (primary N) is 2. The topological polar surface area (TPSA) is 75.9 Å². The van der Waals surface area contributed by atoms with Crippen molar-refractivity contribution >= 4 is 6.21 Å². The van der Waals surface area contributed by atoms with Crippen LogP contribution in [0.5, 0.6) is 0 Å². The van der Waals surface area contributed by atoms with Crippen molar-refractivity contribution in [1.29, 1.82) is 5.41 Å². The maximum absolute atomic E-state index is 6.94. The first kappa shape index (κ1) is 7.02. The van der Waals surface area contributed by atoms with Crippen molar-refractivity contribution < 1.29 is 0 Å². The lowest BCUT2D eigenvalue weighted by Crippen LogP contribution is -2.22. The van der Waals surface area contributed by atoms with E-state index in [4.69, 9.17) is 16.9 Å². The standard InChI is InChI=1S/C7H11N3/c8-4-5-1-2-6(9)3-7(5)10/h1,3-4,6,8H,2,9-10H2. The highest BCUT2D eigenvalue weighted by atomic mass is 14.7. The molecule has 0 amide bonds. The summed E-state index contributed by atoms with van der Waals surface area (Å²) in [5.41, 5.74) is 12.5. The minimum atomic E-state index is 0.0312. The van der Waals surface area contributed by atoms with Crippen molar-refractivity contribution in [3.05, 3.63) is 23.4 Å². The lowest BCUT2D eigenvalue weighted by molar-refractivity contribution is 0.811. The summed E-state index contributed by atoms with van der Waals surface area (Å²) in [6, 6.07) is 0.0312. The first-order valence-electron chi connectivity index (χ1n) is 3.18. The molecule has 1 unspecified atom stereocenters. The van der Waals surface area contributed by atoms with Gasteiger partial charge in [0.05, 0.1) is 0 Å². The summed E-state index contributed by atoms with van der Waals surface area (Å²) in [6.45, 7) is 0. The van der Waals surface area contributed by atoms with E-state index < -0.39 is 0 Å². The van der Waals surface area contributed by atoms with Gasteiger partial charge in [0.2, 0.25) is 0 Å². The second kappa shape index (κ2) is 2.66. The van der Waals surface area contributed by atoms with Gasteiger partial charge in [-0.15, -0.1) is 0 Å². The Hall–Kier alpha value is -1.09. The van der Waals surface area contributed by atoms with Crippen LogP contribution in [-0.4, -0.2) is 12.3 Å². The van der Waals surface area contributed by atoms with Gasteiger partial charge in [-0.05, 0) is 12.5 Å². The van der Waals surface area contributed by atoms with E-state index in [0.29, 0.717) is 5.70 Å². The molecule has 1 aliphatic carbocycles. The molecule has 1 aliphatic rings. The molecule has 3 nitrogen and oxygen atoms in total. The van der Waals surface area contributed by atoms with E-state index in [1.165, 1.54) is 6.21 Å². The summed E-state index contributed by atoms with van der Waals surface area (Å²) in [6.07, 6.45) is 5.69. The summed E-state index contributed by atoms with van der Waals surface area (Å²) in [5.74, 6) is 0. The van der Waals surface area contributed by atoms with Crippen molar-refractivity contribution in [2.75, 3.05) is 0 Å². The third-order valence-electron chi connectivity index (χ3n) is 1.49. The molecule has 0 spiro atoms. The van der Waals surface area contributed by atoms with E-state index in [9.17, 15) is 0 Å². The zero-order chi connectivity index (χ0) is 7.56. The number of rotatable bonds is 1. The average Bonchev–Trinajstić information content (AvgIpc) is 1.88. The molecule has 0 heterocycles. The largest absolute Gasteiger partial charge is 0.398 e. The minimum Gasteiger partial charge on any atom is -0.398 e. The maximum Gasteiger partial charge on any atom is 0.0374 e. The predicted octanol–water partition coefficient (Wildman–Crippen LogP) is 0.136. The van der Waals surface area contributed by atoms with Crippen LogP contribution in [0.15, 0.2) is 23.4 Å². The normalized spacial score (nSPS) is 25.1. The number of hydrogen-bond acceptors (Lipinski definition) is 3. The Morgan fingerprint density at radius 3 is 2.90 bits per heavy atom. The molecule has 0 radical (unpaired) electrons. The molecule has 5 N–H and O–H groups in total. The quantitative estimate of drug-likeness (QED) is 0.449. The van der Waals surface area contributed by atoms with Gasteiger partial charge in [-0.2, -0.15) is 0 Å². The first-order chi connectivity index (χ1) is 4.74. The van der Waals surface area contributed by atoms with Gasteiger partial charge in [-0.1, -0.05) is 6.08 Å². The second-order valence-corrected chi connectivity index (χ2v) is 2.33. The van der Waals surface area contributed by atoms with Gasteiger partial charge < -0.3 is 16.9 Å². The van der Waals surface area contributed by atoms with Gasteiger partial charge in [-0.25, -0.2) is 0 Å². The summed E-state index contributed by atoms with van der Waals surface area (Å²) in [5, 5.41) is 6.94. The van der Waals surface area contributed by atoms with Crippen molar-refractivity contribution in [2.45, 2.75) is 12.5 Å². The van der Waals surface area contributed by atoms with Gasteiger partial charge in [0.25, 0.3) is 0 Å². The van der Waals surface area contributed by atoms with Crippen LogP contribution in [0.4, 0.5) is 0 Å². The van der Waals surface area contributed by atoms with E-state index in [0.717, 1.165) is 12.0 Å². The molecular weight excluding hydrogens is 126 g/mol. The first-order valence-corrected chi connectivity index (χ1v) is 3.18. The van der Waals surface area contributed by atoms with Crippen molar-refractivity contribution in [1.82, 2.24) is 0 Å². The number of hydrogen-bond donors (Lipinski definition) is 3. The van der Waals surface area contributed by atoms with E-state index in [2.05, 4.69) is 0 Å². The third kappa shape index (κ3) is 1.25. The van der Waals surface area contributed by atoms with Gasteiger partial charge in [0.15, 0.2) is 0 Å². The molecule has 1 atom stereocenters. The van der Waals surface area contributed by atoms with Gasteiger partial charge in [0.1, 0.15) is 0 Å². The van der Waals surface area contributed by atoms with E-state index in [1.807, 2.05) is 6.08 Å². The molecule has 1 rings (SSSR count). The third-order valence-corrected chi connectivity index (χ3v) is 1.49. The van der Waals surface area contributed by atoms with E-state index in [1.54, 1.807) is 6.08 Å². The fourth-order valence-corrected chi connectivity index (χ4v) is 0.918. The van der Waals surface area contributed by atoms with Crippen molar-refractivity contribution in [3.63, 3.8) is 0 Å². The van der Waals surface area contributed by atoms with Crippen LogP contribution in [0.3, 0.4) is 0 Å².